The van der Waals surface area contributed by atoms with Crippen LogP contribution in [0.5, 0.6) is 5.75 Å². The van der Waals surface area contributed by atoms with Gasteiger partial charge in [0.15, 0.2) is 5.75 Å². The number of hydrogen-bond donors (Lipinski definition) is 3. The first-order valence-corrected chi connectivity index (χ1v) is 5.35. The van der Waals surface area contributed by atoms with Crippen molar-refractivity contribution < 1.29 is 19.8 Å². The monoisotopic (exact) mass is 261 g/mol. The number of amides is 1. The number of nitrogens with zero attached hydrogens (tertiary/aromatic N) is 2. The van der Waals surface area contributed by atoms with Crippen LogP contribution in [0.2, 0.25) is 0 Å². The van der Waals surface area contributed by atoms with E-state index in [2.05, 4.69) is 10.4 Å². The Morgan fingerprint density at radius 2 is 2.05 bits per heavy atom. The normalized spacial score (nSPS) is 10.2. The summed E-state index contributed by atoms with van der Waals surface area (Å²) in [6.07, 6.45) is 1.46. The molecule has 0 saturated heterocycles. The van der Waals surface area contributed by atoms with E-state index in [4.69, 9.17) is 5.11 Å². The minimum atomic E-state index is -1.27. The number of nitrogens with one attached hydrogen (secondary N) is 1. The van der Waals surface area contributed by atoms with Crippen molar-refractivity contribution in [2.45, 2.75) is 0 Å². The summed E-state index contributed by atoms with van der Waals surface area (Å²) >= 11 is 0. The van der Waals surface area contributed by atoms with Gasteiger partial charge in [-0.15, -0.1) is 0 Å². The first-order chi connectivity index (χ1) is 9.00. The molecule has 0 aliphatic rings. The summed E-state index contributed by atoms with van der Waals surface area (Å²) < 4.78 is 1.37. The number of phenols is 1. The SMILES string of the molecule is Cn1nccc1C(=O)Nc1cccc(C(=O)O)c1O. The number of aromatic hydroxyl groups is 1. The second kappa shape index (κ2) is 4.81. The lowest BCUT2D eigenvalue weighted by Crippen LogP contribution is -2.16. The molecule has 2 rings (SSSR count). The zero-order valence-electron chi connectivity index (χ0n) is 9.99. The van der Waals surface area contributed by atoms with Gasteiger partial charge in [-0.25, -0.2) is 4.79 Å². The molecule has 2 aromatic rings. The van der Waals surface area contributed by atoms with Gasteiger partial charge < -0.3 is 15.5 Å². The molecule has 0 atom stereocenters. The first kappa shape index (κ1) is 12.6. The lowest BCUT2D eigenvalue weighted by atomic mass is 10.1. The number of carboxylic acids is 1. The molecule has 19 heavy (non-hydrogen) atoms. The Hall–Kier alpha value is -2.83. The number of carbonyl (C=O) groups excluding carboxylic acids is 1. The van der Waals surface area contributed by atoms with Crippen LogP contribution in [-0.2, 0) is 7.05 Å². The number of rotatable bonds is 3. The summed E-state index contributed by atoms with van der Waals surface area (Å²) in [5.41, 5.74) is 0.0500. The lowest BCUT2D eigenvalue weighted by molar-refractivity contribution is 0.0693. The highest BCUT2D eigenvalue weighted by molar-refractivity contribution is 6.05. The average Bonchev–Trinajstić information content (AvgIpc) is 2.77. The van der Waals surface area contributed by atoms with Gasteiger partial charge in [-0.1, -0.05) is 6.07 Å². The van der Waals surface area contributed by atoms with E-state index >= 15 is 0 Å². The summed E-state index contributed by atoms with van der Waals surface area (Å²) in [7, 11) is 1.60. The summed E-state index contributed by atoms with van der Waals surface area (Å²) in [4.78, 5) is 22.8. The maximum atomic E-state index is 11.9. The number of aromatic carboxylic acids is 1. The van der Waals surface area contributed by atoms with E-state index in [1.54, 1.807) is 7.05 Å². The maximum absolute atomic E-state index is 11.9. The topological polar surface area (TPSA) is 104 Å². The molecule has 0 radical (unpaired) electrons. The Bertz CT molecular complexity index is 648. The molecular formula is C12H11N3O4. The van der Waals surface area contributed by atoms with Gasteiger partial charge >= 0.3 is 5.97 Å². The summed E-state index contributed by atoms with van der Waals surface area (Å²) in [6, 6.07) is 5.60. The minimum absolute atomic E-state index is 0.0334. The quantitative estimate of drug-likeness (QED) is 0.717. The highest BCUT2D eigenvalue weighted by Gasteiger charge is 2.16. The fourth-order valence-corrected chi connectivity index (χ4v) is 1.60. The van der Waals surface area contributed by atoms with Crippen LogP contribution in [0.15, 0.2) is 30.5 Å². The van der Waals surface area contributed by atoms with Crippen molar-refractivity contribution in [3.63, 3.8) is 0 Å². The Balaban J connectivity index is 2.30. The van der Waals surface area contributed by atoms with Crippen LogP contribution in [-0.4, -0.2) is 31.9 Å². The number of carbonyl (C=O) groups is 2. The third-order valence-corrected chi connectivity index (χ3v) is 2.57. The van der Waals surface area contributed by atoms with Gasteiger partial charge in [0.25, 0.3) is 5.91 Å². The van der Waals surface area contributed by atoms with Crippen LogP contribution in [0.1, 0.15) is 20.8 Å². The molecule has 1 aromatic heterocycles. The highest BCUT2D eigenvalue weighted by atomic mass is 16.4. The Labute approximate surface area is 108 Å². The molecule has 0 spiro atoms. The predicted molar refractivity (Wildman–Crippen MR) is 66.2 cm³/mol. The molecule has 1 heterocycles. The third-order valence-electron chi connectivity index (χ3n) is 2.57. The van der Waals surface area contributed by atoms with Crippen LogP contribution in [0.4, 0.5) is 5.69 Å². The fraction of sp³-hybridized carbons (Fsp3) is 0.0833. The number of aryl methyl sites for hydroxylation is 1. The van der Waals surface area contributed by atoms with Crippen LogP contribution in [0.25, 0.3) is 0 Å². The van der Waals surface area contributed by atoms with Crippen molar-refractivity contribution >= 4 is 17.6 Å². The van der Waals surface area contributed by atoms with Crippen LogP contribution in [0, 0.1) is 0 Å². The minimum Gasteiger partial charge on any atom is -0.505 e. The van der Waals surface area contributed by atoms with Crippen molar-refractivity contribution in [3.8, 4) is 5.75 Å². The average molecular weight is 261 g/mol. The molecule has 0 aliphatic heterocycles. The van der Waals surface area contributed by atoms with E-state index in [0.717, 1.165) is 0 Å². The highest BCUT2D eigenvalue weighted by Crippen LogP contribution is 2.27. The summed E-state index contributed by atoms with van der Waals surface area (Å²) in [5, 5.41) is 24.9. The summed E-state index contributed by atoms with van der Waals surface area (Å²) in [5.74, 6) is -2.24. The lowest BCUT2D eigenvalue weighted by Gasteiger charge is -2.09. The maximum Gasteiger partial charge on any atom is 0.339 e. The zero-order valence-corrected chi connectivity index (χ0v) is 9.99. The van der Waals surface area contributed by atoms with E-state index in [1.807, 2.05) is 0 Å². The molecule has 3 N–H and O–H groups in total. The first-order valence-electron chi connectivity index (χ1n) is 5.35. The molecular weight excluding hydrogens is 250 g/mol. The van der Waals surface area contributed by atoms with Gasteiger partial charge in [0, 0.05) is 13.2 Å². The van der Waals surface area contributed by atoms with Gasteiger partial charge in [-0.3, -0.25) is 9.48 Å². The molecule has 7 heteroatoms. The van der Waals surface area contributed by atoms with Gasteiger partial charge in [-0.2, -0.15) is 5.10 Å². The molecule has 7 nitrogen and oxygen atoms in total. The van der Waals surface area contributed by atoms with E-state index in [-0.39, 0.29) is 11.3 Å². The largest absolute Gasteiger partial charge is 0.505 e. The third kappa shape index (κ3) is 2.39. The van der Waals surface area contributed by atoms with Crippen molar-refractivity contribution in [1.29, 1.82) is 0 Å². The number of benzene rings is 1. The molecule has 0 saturated carbocycles. The number of carboxylic acid groups (broad SMARTS) is 1. The van der Waals surface area contributed by atoms with Crippen molar-refractivity contribution in [1.82, 2.24) is 9.78 Å². The van der Waals surface area contributed by atoms with Gasteiger partial charge in [-0.05, 0) is 18.2 Å². The van der Waals surface area contributed by atoms with Gasteiger partial charge in [0.1, 0.15) is 11.3 Å². The fourth-order valence-electron chi connectivity index (χ4n) is 1.60. The van der Waals surface area contributed by atoms with Crippen LogP contribution >= 0.6 is 0 Å². The Kier molecular flexibility index (Phi) is 3.19. The molecule has 1 aromatic carbocycles. The summed E-state index contributed by atoms with van der Waals surface area (Å²) in [6.45, 7) is 0. The van der Waals surface area contributed by atoms with Crippen molar-refractivity contribution in [2.24, 2.45) is 7.05 Å². The molecule has 98 valence electrons. The number of anilines is 1. The smallest absolute Gasteiger partial charge is 0.339 e. The van der Waals surface area contributed by atoms with Crippen LogP contribution < -0.4 is 5.32 Å². The predicted octanol–water partition coefficient (Wildman–Crippen LogP) is 1.08. The molecule has 0 unspecified atom stereocenters. The van der Waals surface area contributed by atoms with Crippen molar-refractivity contribution in [3.05, 3.63) is 41.7 Å². The Morgan fingerprint density at radius 3 is 2.63 bits per heavy atom. The molecule has 0 bridgehead atoms. The molecule has 1 amide bonds. The van der Waals surface area contributed by atoms with Crippen molar-refractivity contribution in [2.75, 3.05) is 5.32 Å². The molecule has 0 fully saturated rings. The van der Waals surface area contributed by atoms with E-state index in [0.29, 0.717) is 5.69 Å². The number of aromatic nitrogens is 2. The van der Waals surface area contributed by atoms with Gasteiger partial charge in [0.2, 0.25) is 0 Å². The van der Waals surface area contributed by atoms with E-state index in [9.17, 15) is 14.7 Å². The van der Waals surface area contributed by atoms with Crippen LogP contribution in [0.3, 0.4) is 0 Å². The molecule has 0 aliphatic carbocycles. The van der Waals surface area contributed by atoms with E-state index < -0.39 is 17.6 Å². The Morgan fingerprint density at radius 1 is 1.32 bits per heavy atom. The van der Waals surface area contributed by atoms with E-state index in [1.165, 1.54) is 35.1 Å². The second-order valence-electron chi connectivity index (χ2n) is 3.80. The number of hydrogen-bond acceptors (Lipinski definition) is 4. The van der Waals surface area contributed by atoms with Gasteiger partial charge in [0.05, 0.1) is 5.69 Å². The second-order valence-corrected chi connectivity index (χ2v) is 3.80. The zero-order chi connectivity index (χ0) is 14.0. The number of para-hydroxylation sites is 1. The standard InChI is InChI=1S/C12H11N3O4/c1-15-9(5-6-13-15)11(17)14-8-4-2-3-7(10(8)16)12(18)19/h2-6,16H,1H3,(H,14,17)(H,18,19).